The van der Waals surface area contributed by atoms with Gasteiger partial charge in [-0.1, -0.05) is 27.4 Å². The van der Waals surface area contributed by atoms with Gasteiger partial charge in [-0.3, -0.25) is 14.4 Å². The summed E-state index contributed by atoms with van der Waals surface area (Å²) in [5.41, 5.74) is -2.61. The SMILES string of the molecule is C=C1C(=O)[C@H](C)C[C@](C)(OC)[C@H](OC2O[C@H](C)C[C@H](N(C)C)[C@H]2O)[C@@H](C)C(=O)[C@@H](C)C(=O)O[C@H](CC)[C@@]2(C)OC(=O)N[C@H]12. The van der Waals surface area contributed by atoms with Gasteiger partial charge in [-0.15, -0.1) is 0 Å². The van der Waals surface area contributed by atoms with Gasteiger partial charge < -0.3 is 39.0 Å². The Morgan fingerprint density at radius 2 is 1.74 bits per heavy atom. The predicted molar refractivity (Wildman–Crippen MR) is 156 cm³/mol. The van der Waals surface area contributed by atoms with Crippen LogP contribution in [0.3, 0.4) is 0 Å². The average Bonchev–Trinajstić information content (AvgIpc) is 3.27. The lowest BCUT2D eigenvalue weighted by molar-refractivity contribution is -0.295. The molecule has 43 heavy (non-hydrogen) atoms. The number of alkyl carbamates (subject to hydrolysis) is 1. The first-order valence-corrected chi connectivity index (χ1v) is 15.1. The second-order valence-electron chi connectivity index (χ2n) is 13.0. The van der Waals surface area contributed by atoms with E-state index in [1.807, 2.05) is 25.9 Å². The van der Waals surface area contributed by atoms with E-state index in [1.54, 1.807) is 34.6 Å². The summed E-state index contributed by atoms with van der Waals surface area (Å²) in [6.07, 6.45) is -4.26. The van der Waals surface area contributed by atoms with Crippen LogP contribution in [0.5, 0.6) is 0 Å². The van der Waals surface area contributed by atoms with Gasteiger partial charge >= 0.3 is 12.1 Å². The number of carbonyl (C=O) groups excluding carboxylic acids is 4. The van der Waals surface area contributed by atoms with Crippen LogP contribution in [0.1, 0.15) is 67.7 Å². The molecule has 0 aromatic carbocycles. The van der Waals surface area contributed by atoms with Gasteiger partial charge in [0.15, 0.2) is 23.5 Å². The van der Waals surface area contributed by atoms with Crippen molar-refractivity contribution in [3.8, 4) is 0 Å². The van der Waals surface area contributed by atoms with Gasteiger partial charge in [0.05, 0.1) is 17.8 Å². The molecule has 12 atom stereocenters. The van der Waals surface area contributed by atoms with E-state index in [0.717, 1.165) is 0 Å². The van der Waals surface area contributed by atoms with E-state index < -0.39 is 77.4 Å². The van der Waals surface area contributed by atoms with Gasteiger partial charge in [-0.25, -0.2) is 4.79 Å². The highest BCUT2D eigenvalue weighted by Crippen LogP contribution is 2.39. The number of Topliss-reactive ketones (excluding diaryl/α,β-unsaturated/α-hetero) is 2. The normalized spacial score (nSPS) is 43.5. The second-order valence-corrected chi connectivity index (χ2v) is 13.0. The second kappa shape index (κ2) is 13.3. The topological polar surface area (TPSA) is 150 Å². The molecule has 3 aliphatic heterocycles. The number of fused-ring (bicyclic) bond motifs is 1. The molecule has 3 saturated heterocycles. The molecule has 0 aromatic rings. The number of esters is 1. The van der Waals surface area contributed by atoms with E-state index in [-0.39, 0.29) is 36.3 Å². The van der Waals surface area contributed by atoms with E-state index in [4.69, 9.17) is 23.7 Å². The van der Waals surface area contributed by atoms with Crippen molar-refractivity contribution < 1.29 is 48.0 Å². The number of hydrogen-bond acceptors (Lipinski definition) is 11. The van der Waals surface area contributed by atoms with Crippen LogP contribution in [0, 0.1) is 17.8 Å². The maximum Gasteiger partial charge on any atom is 0.408 e. The van der Waals surface area contributed by atoms with Crippen molar-refractivity contribution in [3.63, 3.8) is 0 Å². The third-order valence-corrected chi connectivity index (χ3v) is 9.55. The maximum atomic E-state index is 13.9. The van der Waals surface area contributed by atoms with Crippen molar-refractivity contribution in [1.82, 2.24) is 10.2 Å². The fraction of sp³-hybridized carbons (Fsp3) is 0.806. The molecule has 3 rings (SSSR count). The lowest BCUT2D eigenvalue weighted by Gasteiger charge is -2.46. The number of methoxy groups -OCH3 is 1. The smallest absolute Gasteiger partial charge is 0.408 e. The third-order valence-electron chi connectivity index (χ3n) is 9.55. The molecule has 3 aliphatic rings. The van der Waals surface area contributed by atoms with Gasteiger partial charge in [0.25, 0.3) is 0 Å². The monoisotopic (exact) mass is 610 g/mol. The van der Waals surface area contributed by atoms with E-state index in [0.29, 0.717) is 6.42 Å². The number of hydrogen-bond donors (Lipinski definition) is 2. The van der Waals surface area contributed by atoms with Gasteiger partial charge in [-0.05, 0) is 61.1 Å². The molecule has 244 valence electrons. The van der Waals surface area contributed by atoms with Crippen molar-refractivity contribution in [2.24, 2.45) is 17.8 Å². The molecule has 0 spiro atoms. The Kier molecular flexibility index (Phi) is 10.9. The zero-order valence-electron chi connectivity index (χ0n) is 27.2. The average molecular weight is 611 g/mol. The Morgan fingerprint density at radius 1 is 1.12 bits per heavy atom. The van der Waals surface area contributed by atoms with Crippen LogP contribution in [0.25, 0.3) is 0 Å². The minimum absolute atomic E-state index is 0.0907. The Hall–Kier alpha value is -2.38. The number of nitrogens with one attached hydrogen (secondary N) is 1. The summed E-state index contributed by atoms with van der Waals surface area (Å²) < 4.78 is 29.9. The van der Waals surface area contributed by atoms with Crippen LogP contribution in [-0.4, -0.2) is 109 Å². The Balaban J connectivity index is 2.09. The van der Waals surface area contributed by atoms with Crippen LogP contribution in [0.4, 0.5) is 4.79 Å². The number of amides is 1. The number of nitrogens with zero attached hydrogens (tertiary/aromatic N) is 1. The van der Waals surface area contributed by atoms with Crippen LogP contribution < -0.4 is 5.32 Å². The number of aliphatic hydroxyl groups excluding tert-OH is 1. The molecule has 12 nitrogen and oxygen atoms in total. The highest BCUT2D eigenvalue weighted by atomic mass is 16.7. The summed E-state index contributed by atoms with van der Waals surface area (Å²) in [5.74, 6) is -4.48. The number of cyclic esters (lactones) is 1. The third kappa shape index (κ3) is 6.83. The van der Waals surface area contributed by atoms with Crippen molar-refractivity contribution >= 4 is 23.6 Å². The first kappa shape index (κ1) is 35.1. The van der Waals surface area contributed by atoms with Gasteiger partial charge in [0, 0.05) is 30.6 Å². The molecule has 0 radical (unpaired) electrons. The van der Waals surface area contributed by atoms with Crippen LogP contribution in [-0.2, 0) is 38.1 Å². The van der Waals surface area contributed by atoms with Crippen LogP contribution in [0.2, 0.25) is 0 Å². The molecule has 0 aromatic heterocycles. The van der Waals surface area contributed by atoms with E-state index in [9.17, 15) is 24.3 Å². The summed E-state index contributed by atoms with van der Waals surface area (Å²) >= 11 is 0. The molecule has 2 N–H and O–H groups in total. The molecule has 1 unspecified atom stereocenters. The van der Waals surface area contributed by atoms with Crippen molar-refractivity contribution in [1.29, 1.82) is 0 Å². The molecular formula is C31H50N2O10. The number of ketones is 2. The predicted octanol–water partition coefficient (Wildman–Crippen LogP) is 2.40. The minimum atomic E-state index is -1.43. The number of rotatable bonds is 5. The van der Waals surface area contributed by atoms with E-state index >= 15 is 0 Å². The number of carbonyl (C=O) groups is 4. The molecular weight excluding hydrogens is 560 g/mol. The summed E-state index contributed by atoms with van der Waals surface area (Å²) in [6, 6.07) is -1.24. The zero-order valence-corrected chi connectivity index (χ0v) is 27.2. The quantitative estimate of drug-likeness (QED) is 0.268. The minimum Gasteiger partial charge on any atom is -0.457 e. The Morgan fingerprint density at radius 3 is 2.30 bits per heavy atom. The lowest BCUT2D eigenvalue weighted by Crippen LogP contribution is -2.59. The molecule has 12 heteroatoms. The number of likely N-dealkylation sites (N-methyl/N-ethyl adjacent to an activating group) is 1. The first-order valence-electron chi connectivity index (χ1n) is 15.1. The fourth-order valence-electron chi connectivity index (χ4n) is 6.81. The Labute approximate surface area is 254 Å². The zero-order chi connectivity index (χ0) is 32.6. The molecule has 0 bridgehead atoms. The number of aliphatic hydroxyl groups is 1. The van der Waals surface area contributed by atoms with Crippen LogP contribution in [0.15, 0.2) is 12.2 Å². The summed E-state index contributed by atoms with van der Waals surface area (Å²) in [4.78, 5) is 55.5. The maximum absolute atomic E-state index is 13.9. The largest absolute Gasteiger partial charge is 0.457 e. The summed E-state index contributed by atoms with van der Waals surface area (Å²) in [6.45, 7) is 15.8. The summed E-state index contributed by atoms with van der Waals surface area (Å²) in [7, 11) is 5.17. The van der Waals surface area contributed by atoms with E-state index in [2.05, 4.69) is 11.9 Å². The standard InChI is InChI=1S/C31H50N2O10/c1-12-21-31(8)25(32-29(38)43-31)17(4)22(34)15(2)14-30(7,39-11)26(18(5)23(35)19(6)27(37)41-21)42-28-24(36)20(33(9)10)13-16(3)40-28/h15-16,18-21,24-26,28,36H,4,12-14H2,1-3,5-11H3,(H,32,38)/t15-,16-,18+,19-,20+,21-,24-,25-,26-,28?,30+,31-/m1/s1. The lowest BCUT2D eigenvalue weighted by atomic mass is 9.75. The molecule has 3 heterocycles. The van der Waals surface area contributed by atoms with Crippen molar-refractivity contribution in [2.75, 3.05) is 21.2 Å². The van der Waals surface area contributed by atoms with Crippen molar-refractivity contribution in [2.45, 2.75) is 122 Å². The number of ether oxygens (including phenoxy) is 5. The Bertz CT molecular complexity index is 1100. The fourth-order valence-corrected chi connectivity index (χ4v) is 6.81. The molecule has 3 fully saturated rings. The molecule has 0 aliphatic carbocycles. The van der Waals surface area contributed by atoms with Gasteiger partial charge in [-0.2, -0.15) is 0 Å². The highest BCUT2D eigenvalue weighted by molar-refractivity contribution is 6.00. The van der Waals surface area contributed by atoms with Crippen molar-refractivity contribution in [3.05, 3.63) is 12.2 Å². The first-order chi connectivity index (χ1) is 19.9. The van der Waals surface area contributed by atoms with Crippen LogP contribution >= 0.6 is 0 Å². The van der Waals surface area contributed by atoms with E-state index in [1.165, 1.54) is 14.0 Å². The molecule has 0 saturated carbocycles. The van der Waals surface area contributed by atoms with Gasteiger partial charge in [0.1, 0.15) is 24.2 Å². The van der Waals surface area contributed by atoms with Gasteiger partial charge in [0.2, 0.25) is 0 Å². The molecule has 1 amide bonds. The highest BCUT2D eigenvalue weighted by Gasteiger charge is 2.56. The summed E-state index contributed by atoms with van der Waals surface area (Å²) in [5, 5.41) is 13.9.